The lowest BCUT2D eigenvalue weighted by Crippen LogP contribution is -2.35. The van der Waals surface area contributed by atoms with Gasteiger partial charge in [0.1, 0.15) is 5.78 Å². The highest BCUT2D eigenvalue weighted by Crippen LogP contribution is 2.16. The highest BCUT2D eigenvalue weighted by atomic mass is 16.5. The summed E-state index contributed by atoms with van der Waals surface area (Å²) in [6, 6.07) is 0. The normalized spacial score (nSPS) is 15.5. The fraction of sp³-hybridized carbons (Fsp3) is 0.538. The van der Waals surface area contributed by atoms with Gasteiger partial charge in [-0.3, -0.25) is 4.79 Å². The van der Waals surface area contributed by atoms with Crippen LogP contribution in [0.25, 0.3) is 0 Å². The van der Waals surface area contributed by atoms with Gasteiger partial charge in [-0.05, 0) is 13.8 Å². The van der Waals surface area contributed by atoms with Crippen molar-refractivity contribution in [2.75, 3.05) is 24.6 Å². The smallest absolute Gasteiger partial charge is 0.341 e. The van der Waals surface area contributed by atoms with Gasteiger partial charge in [-0.15, -0.1) is 0 Å². The minimum absolute atomic E-state index is 0.274. The summed E-state index contributed by atoms with van der Waals surface area (Å²) in [6.45, 7) is 5.11. The molecule has 6 nitrogen and oxygen atoms in total. The maximum Gasteiger partial charge on any atom is 0.341 e. The molecule has 1 fully saturated rings. The first-order chi connectivity index (χ1) is 9.11. The van der Waals surface area contributed by atoms with E-state index in [4.69, 9.17) is 4.74 Å². The van der Waals surface area contributed by atoms with Crippen molar-refractivity contribution in [2.24, 2.45) is 0 Å². The van der Waals surface area contributed by atoms with Crippen molar-refractivity contribution in [1.29, 1.82) is 0 Å². The molecule has 0 radical (unpaired) electrons. The third kappa shape index (κ3) is 3.07. The molecule has 0 saturated carbocycles. The third-order valence-corrected chi connectivity index (χ3v) is 3.07. The van der Waals surface area contributed by atoms with E-state index in [9.17, 15) is 9.59 Å². The van der Waals surface area contributed by atoms with E-state index in [1.807, 2.05) is 4.90 Å². The molecule has 0 aromatic carbocycles. The maximum absolute atomic E-state index is 11.6. The zero-order chi connectivity index (χ0) is 13.8. The molecule has 0 N–H and O–H groups in total. The average Bonchev–Trinajstić information content (AvgIpc) is 2.39. The zero-order valence-corrected chi connectivity index (χ0v) is 11.2. The molecule has 2 heterocycles. The Labute approximate surface area is 111 Å². The fourth-order valence-corrected chi connectivity index (χ4v) is 1.97. The molecule has 0 bridgehead atoms. The van der Waals surface area contributed by atoms with Crippen molar-refractivity contribution in [3.05, 3.63) is 17.5 Å². The van der Waals surface area contributed by atoms with Crippen LogP contribution in [0, 0.1) is 6.92 Å². The van der Waals surface area contributed by atoms with E-state index in [-0.39, 0.29) is 5.78 Å². The van der Waals surface area contributed by atoms with Crippen molar-refractivity contribution in [1.82, 2.24) is 9.97 Å². The molecule has 0 amide bonds. The molecule has 1 aromatic heterocycles. The number of rotatable bonds is 3. The molecule has 6 heteroatoms. The number of aromatic nitrogens is 2. The van der Waals surface area contributed by atoms with Crippen molar-refractivity contribution in [3.63, 3.8) is 0 Å². The molecule has 0 unspecified atom stereocenters. The van der Waals surface area contributed by atoms with Crippen LogP contribution in [0.1, 0.15) is 35.8 Å². The zero-order valence-electron chi connectivity index (χ0n) is 11.2. The first kappa shape index (κ1) is 13.5. The summed E-state index contributed by atoms with van der Waals surface area (Å²) in [5.74, 6) is 0.439. The average molecular weight is 263 g/mol. The van der Waals surface area contributed by atoms with E-state index in [0.717, 1.165) is 0 Å². The van der Waals surface area contributed by atoms with Crippen LogP contribution in [0.4, 0.5) is 5.95 Å². The van der Waals surface area contributed by atoms with Gasteiger partial charge in [0.05, 0.1) is 17.9 Å². The Morgan fingerprint density at radius 3 is 2.68 bits per heavy atom. The number of esters is 1. The molecule has 1 aliphatic rings. The van der Waals surface area contributed by atoms with Crippen LogP contribution >= 0.6 is 0 Å². The third-order valence-electron chi connectivity index (χ3n) is 3.07. The number of carbonyl (C=O) groups is 2. The van der Waals surface area contributed by atoms with Crippen LogP contribution in [0.2, 0.25) is 0 Å². The number of carbonyl (C=O) groups excluding carboxylic acids is 2. The summed E-state index contributed by atoms with van der Waals surface area (Å²) >= 11 is 0. The van der Waals surface area contributed by atoms with Crippen molar-refractivity contribution in [2.45, 2.75) is 26.7 Å². The van der Waals surface area contributed by atoms with Gasteiger partial charge in [-0.2, -0.15) is 0 Å². The molecule has 0 aliphatic carbocycles. The van der Waals surface area contributed by atoms with Crippen molar-refractivity contribution < 1.29 is 14.3 Å². The number of nitrogens with zero attached hydrogens (tertiary/aromatic N) is 3. The molecular formula is C13H17N3O3. The fourth-order valence-electron chi connectivity index (χ4n) is 1.97. The Bertz CT molecular complexity index is 492. The lowest BCUT2D eigenvalue weighted by molar-refractivity contribution is -0.119. The van der Waals surface area contributed by atoms with Gasteiger partial charge in [-0.1, -0.05) is 0 Å². The van der Waals surface area contributed by atoms with Crippen LogP contribution in [0.3, 0.4) is 0 Å². The molecular weight excluding hydrogens is 246 g/mol. The molecule has 19 heavy (non-hydrogen) atoms. The van der Waals surface area contributed by atoms with Gasteiger partial charge in [0.15, 0.2) is 0 Å². The second-order valence-electron chi connectivity index (χ2n) is 4.42. The maximum atomic E-state index is 11.6. The molecule has 102 valence electrons. The number of hydrogen-bond donors (Lipinski definition) is 0. The second-order valence-corrected chi connectivity index (χ2v) is 4.42. The largest absolute Gasteiger partial charge is 0.462 e. The van der Waals surface area contributed by atoms with E-state index in [1.165, 1.54) is 6.20 Å². The highest BCUT2D eigenvalue weighted by Gasteiger charge is 2.20. The van der Waals surface area contributed by atoms with E-state index >= 15 is 0 Å². The number of hydrogen-bond acceptors (Lipinski definition) is 6. The lowest BCUT2D eigenvalue weighted by Gasteiger charge is -2.26. The topological polar surface area (TPSA) is 72.4 Å². The Morgan fingerprint density at radius 1 is 1.42 bits per heavy atom. The molecule has 2 rings (SSSR count). The van der Waals surface area contributed by atoms with Gasteiger partial charge in [0.25, 0.3) is 0 Å². The van der Waals surface area contributed by atoms with Gasteiger partial charge in [0, 0.05) is 32.1 Å². The van der Waals surface area contributed by atoms with Crippen LogP contribution in [-0.2, 0) is 9.53 Å². The first-order valence-electron chi connectivity index (χ1n) is 6.39. The number of aryl methyl sites for hydroxylation is 1. The molecule has 0 atom stereocenters. The molecule has 0 spiro atoms. The van der Waals surface area contributed by atoms with E-state index in [0.29, 0.717) is 49.7 Å². The van der Waals surface area contributed by atoms with Crippen LogP contribution in [-0.4, -0.2) is 41.4 Å². The van der Waals surface area contributed by atoms with E-state index in [2.05, 4.69) is 9.97 Å². The second kappa shape index (κ2) is 5.77. The standard InChI is InChI=1S/C13H17N3O3/c1-3-19-12(18)11-8-14-13(15-9(11)2)16-6-4-10(17)5-7-16/h8H,3-7H2,1-2H3. The summed E-state index contributed by atoms with van der Waals surface area (Å²) in [5.41, 5.74) is 0.985. The number of ether oxygens (including phenoxy) is 1. The minimum atomic E-state index is -0.402. The van der Waals surface area contributed by atoms with Crippen LogP contribution in [0.5, 0.6) is 0 Å². The predicted octanol–water partition coefficient (Wildman–Crippen LogP) is 1.13. The van der Waals surface area contributed by atoms with Crippen LogP contribution in [0.15, 0.2) is 6.20 Å². The molecule has 1 aliphatic heterocycles. The first-order valence-corrected chi connectivity index (χ1v) is 6.39. The molecule has 1 saturated heterocycles. The Morgan fingerprint density at radius 2 is 2.11 bits per heavy atom. The van der Waals surface area contributed by atoms with Gasteiger partial charge in [-0.25, -0.2) is 14.8 Å². The quantitative estimate of drug-likeness (QED) is 0.761. The SMILES string of the molecule is CCOC(=O)c1cnc(N2CCC(=O)CC2)nc1C. The summed E-state index contributed by atoms with van der Waals surface area (Å²) < 4.78 is 4.93. The summed E-state index contributed by atoms with van der Waals surface area (Å²) in [5, 5.41) is 0. The Hall–Kier alpha value is -1.98. The number of Topliss-reactive ketones (excluding diaryl/α,β-unsaturated/α-hetero) is 1. The van der Waals surface area contributed by atoms with E-state index in [1.54, 1.807) is 13.8 Å². The van der Waals surface area contributed by atoms with Gasteiger partial charge < -0.3 is 9.64 Å². The Kier molecular flexibility index (Phi) is 4.09. The predicted molar refractivity (Wildman–Crippen MR) is 69.2 cm³/mol. The van der Waals surface area contributed by atoms with Crippen molar-refractivity contribution in [3.8, 4) is 0 Å². The van der Waals surface area contributed by atoms with Crippen LogP contribution < -0.4 is 4.90 Å². The number of anilines is 1. The number of piperidine rings is 1. The van der Waals surface area contributed by atoms with Gasteiger partial charge in [0.2, 0.25) is 5.95 Å². The number of ketones is 1. The summed E-state index contributed by atoms with van der Waals surface area (Å²) in [6.07, 6.45) is 2.55. The van der Waals surface area contributed by atoms with Crippen molar-refractivity contribution >= 4 is 17.7 Å². The van der Waals surface area contributed by atoms with Gasteiger partial charge >= 0.3 is 5.97 Å². The summed E-state index contributed by atoms with van der Waals surface area (Å²) in [4.78, 5) is 33.3. The van der Waals surface area contributed by atoms with E-state index < -0.39 is 5.97 Å². The Balaban J connectivity index is 2.14. The summed E-state index contributed by atoms with van der Waals surface area (Å²) in [7, 11) is 0. The minimum Gasteiger partial charge on any atom is -0.462 e. The monoisotopic (exact) mass is 263 g/mol. The lowest BCUT2D eigenvalue weighted by atomic mass is 10.1. The highest BCUT2D eigenvalue weighted by molar-refractivity contribution is 5.90. The molecule has 1 aromatic rings.